The number of rotatable bonds is 8. The number of carbonyl (C=O) groups excluding carboxylic acids is 1. The summed E-state index contributed by atoms with van der Waals surface area (Å²) in [6.07, 6.45) is 2.55. The van der Waals surface area contributed by atoms with E-state index in [1.165, 1.54) is 7.11 Å². The number of methoxy groups -OCH3 is 1. The Hall–Kier alpha value is -0.730. The molecule has 0 saturated heterocycles. The molecule has 0 rings (SSSR count). The second kappa shape index (κ2) is 8.37. The summed E-state index contributed by atoms with van der Waals surface area (Å²) in [5, 5.41) is 8.83. The van der Waals surface area contributed by atoms with E-state index in [0.29, 0.717) is 6.42 Å². The summed E-state index contributed by atoms with van der Waals surface area (Å²) in [5.74, 6) is 1.50. The zero-order valence-corrected chi connectivity index (χ0v) is 11.7. The number of nitrogens with two attached hydrogens (primary N) is 1. The van der Waals surface area contributed by atoms with Crippen molar-refractivity contribution in [2.75, 3.05) is 18.6 Å². The zero-order valence-electron chi connectivity index (χ0n) is 10.9. The fourth-order valence-corrected chi connectivity index (χ4v) is 2.23. The summed E-state index contributed by atoms with van der Waals surface area (Å²) >= 11 is 1.76. The molecule has 98 valence electrons. The molecule has 0 aliphatic carbocycles. The Balaban J connectivity index is 3.48. The maximum Gasteiger partial charge on any atom is 0.322 e. The van der Waals surface area contributed by atoms with Gasteiger partial charge in [-0.1, -0.05) is 0 Å². The predicted octanol–water partition coefficient (Wildman–Crippen LogP) is 1.94. The van der Waals surface area contributed by atoms with E-state index in [1.807, 2.05) is 13.8 Å². The van der Waals surface area contributed by atoms with Crippen molar-refractivity contribution in [2.45, 2.75) is 39.2 Å². The third-order valence-corrected chi connectivity index (χ3v) is 3.57. The predicted molar refractivity (Wildman–Crippen MR) is 70.6 cm³/mol. The molecule has 0 aromatic rings. The smallest absolute Gasteiger partial charge is 0.322 e. The minimum atomic E-state index is -0.511. The van der Waals surface area contributed by atoms with Gasteiger partial charge in [-0.2, -0.15) is 17.0 Å². The van der Waals surface area contributed by atoms with Gasteiger partial charge in [0.1, 0.15) is 6.04 Å². The summed E-state index contributed by atoms with van der Waals surface area (Å²) in [6, 6.07) is 1.77. The lowest BCUT2D eigenvalue weighted by molar-refractivity contribution is -0.142. The molecule has 0 radical (unpaired) electrons. The van der Waals surface area contributed by atoms with E-state index in [-0.39, 0.29) is 11.4 Å². The lowest BCUT2D eigenvalue weighted by Crippen LogP contribution is -2.32. The first-order valence-electron chi connectivity index (χ1n) is 5.75. The van der Waals surface area contributed by atoms with Gasteiger partial charge < -0.3 is 10.5 Å². The fourth-order valence-electron chi connectivity index (χ4n) is 1.25. The highest BCUT2D eigenvalue weighted by molar-refractivity contribution is 7.99. The number of thioether (sulfide) groups is 1. The normalized spacial score (nSPS) is 12.9. The Kier molecular flexibility index (Phi) is 8.01. The molecule has 0 aliphatic rings. The van der Waals surface area contributed by atoms with Crippen LogP contribution in [0.2, 0.25) is 0 Å². The third-order valence-electron chi connectivity index (χ3n) is 2.47. The van der Waals surface area contributed by atoms with Crippen molar-refractivity contribution < 1.29 is 9.53 Å². The van der Waals surface area contributed by atoms with E-state index in [4.69, 9.17) is 11.0 Å². The average molecular weight is 258 g/mol. The van der Waals surface area contributed by atoms with Gasteiger partial charge in [-0.25, -0.2) is 0 Å². The van der Waals surface area contributed by atoms with Crippen LogP contribution in [0, 0.1) is 16.7 Å². The van der Waals surface area contributed by atoms with E-state index in [9.17, 15) is 4.79 Å². The van der Waals surface area contributed by atoms with Gasteiger partial charge in [-0.15, -0.1) is 0 Å². The van der Waals surface area contributed by atoms with Crippen LogP contribution in [0.4, 0.5) is 0 Å². The number of hydrogen-bond donors (Lipinski definition) is 1. The van der Waals surface area contributed by atoms with Gasteiger partial charge in [0.2, 0.25) is 0 Å². The Morgan fingerprint density at radius 3 is 2.71 bits per heavy atom. The summed E-state index contributed by atoms with van der Waals surface area (Å²) in [7, 11) is 1.35. The minimum Gasteiger partial charge on any atom is -0.468 e. The van der Waals surface area contributed by atoms with Crippen molar-refractivity contribution in [3.05, 3.63) is 0 Å². The molecule has 1 unspecified atom stereocenters. The molecule has 4 nitrogen and oxygen atoms in total. The monoisotopic (exact) mass is 258 g/mol. The number of esters is 1. The van der Waals surface area contributed by atoms with Gasteiger partial charge in [0.15, 0.2) is 0 Å². The Morgan fingerprint density at radius 2 is 2.18 bits per heavy atom. The van der Waals surface area contributed by atoms with Crippen LogP contribution >= 0.6 is 11.8 Å². The van der Waals surface area contributed by atoms with Gasteiger partial charge in [0, 0.05) is 0 Å². The summed E-state index contributed by atoms with van der Waals surface area (Å²) < 4.78 is 4.54. The van der Waals surface area contributed by atoms with Crippen LogP contribution in [-0.4, -0.2) is 30.6 Å². The second-order valence-corrected chi connectivity index (χ2v) is 5.85. The topological polar surface area (TPSA) is 76.1 Å². The van der Waals surface area contributed by atoms with Crippen molar-refractivity contribution in [1.82, 2.24) is 0 Å². The number of nitriles is 1. The van der Waals surface area contributed by atoms with Crippen molar-refractivity contribution >= 4 is 17.7 Å². The number of ether oxygens (including phenoxy) is 1. The van der Waals surface area contributed by atoms with Gasteiger partial charge in [-0.3, -0.25) is 4.79 Å². The van der Waals surface area contributed by atoms with E-state index in [1.54, 1.807) is 11.8 Å². The molecule has 0 spiro atoms. The quantitative estimate of drug-likeness (QED) is 0.532. The van der Waals surface area contributed by atoms with Crippen LogP contribution in [0.5, 0.6) is 0 Å². The molecule has 0 aromatic heterocycles. The molecule has 0 bridgehead atoms. The summed E-state index contributed by atoms with van der Waals surface area (Å²) in [5.41, 5.74) is 5.37. The van der Waals surface area contributed by atoms with Gasteiger partial charge in [-0.05, 0) is 44.6 Å². The largest absolute Gasteiger partial charge is 0.468 e. The molecular formula is C12H22N2O2S. The Labute approximate surface area is 108 Å². The maximum absolute atomic E-state index is 11.0. The molecule has 0 fully saturated rings. The van der Waals surface area contributed by atoms with Gasteiger partial charge in [0.05, 0.1) is 18.6 Å². The minimum absolute atomic E-state index is 0.233. The fraction of sp³-hybridized carbons (Fsp3) is 0.833. The highest BCUT2D eigenvalue weighted by Gasteiger charge is 2.16. The first kappa shape index (κ1) is 16.3. The average Bonchev–Trinajstić information content (AvgIpc) is 2.32. The molecule has 1 atom stereocenters. The first-order valence-corrected chi connectivity index (χ1v) is 6.91. The molecule has 0 amide bonds. The van der Waals surface area contributed by atoms with Crippen LogP contribution in [-0.2, 0) is 9.53 Å². The Bertz CT molecular complexity index is 274. The lowest BCUT2D eigenvalue weighted by atomic mass is 9.90. The van der Waals surface area contributed by atoms with Crippen LogP contribution in [0.3, 0.4) is 0 Å². The second-order valence-electron chi connectivity index (χ2n) is 4.63. The maximum atomic E-state index is 11.0. The molecule has 0 aliphatic heterocycles. The number of hydrogen-bond acceptors (Lipinski definition) is 5. The van der Waals surface area contributed by atoms with Gasteiger partial charge >= 0.3 is 5.97 Å². The lowest BCUT2D eigenvalue weighted by Gasteiger charge is -2.14. The van der Waals surface area contributed by atoms with E-state index in [0.717, 1.165) is 24.3 Å². The third kappa shape index (κ3) is 8.06. The van der Waals surface area contributed by atoms with Crippen LogP contribution in [0.25, 0.3) is 0 Å². The van der Waals surface area contributed by atoms with Gasteiger partial charge in [0.25, 0.3) is 0 Å². The molecule has 0 aromatic carbocycles. The zero-order chi connectivity index (χ0) is 13.3. The van der Waals surface area contributed by atoms with Crippen LogP contribution in [0.15, 0.2) is 0 Å². The number of carbonyl (C=O) groups is 1. The molecule has 2 N–H and O–H groups in total. The Morgan fingerprint density at radius 1 is 1.53 bits per heavy atom. The summed E-state index contributed by atoms with van der Waals surface area (Å²) in [4.78, 5) is 11.0. The molecule has 5 heteroatoms. The van der Waals surface area contributed by atoms with Crippen LogP contribution < -0.4 is 5.73 Å². The van der Waals surface area contributed by atoms with Crippen molar-refractivity contribution in [3.8, 4) is 6.07 Å². The SMILES string of the molecule is COC(=O)C(N)CCSCCCC(C)(C)C#N. The van der Waals surface area contributed by atoms with Crippen molar-refractivity contribution in [3.63, 3.8) is 0 Å². The molecular weight excluding hydrogens is 236 g/mol. The van der Waals surface area contributed by atoms with Crippen molar-refractivity contribution in [1.29, 1.82) is 5.26 Å². The van der Waals surface area contributed by atoms with E-state index < -0.39 is 6.04 Å². The highest BCUT2D eigenvalue weighted by Crippen LogP contribution is 2.22. The van der Waals surface area contributed by atoms with E-state index >= 15 is 0 Å². The molecule has 0 heterocycles. The van der Waals surface area contributed by atoms with E-state index in [2.05, 4.69) is 10.8 Å². The van der Waals surface area contributed by atoms with Crippen molar-refractivity contribution in [2.24, 2.45) is 11.1 Å². The summed E-state index contributed by atoms with van der Waals surface area (Å²) in [6.45, 7) is 3.90. The molecule has 0 saturated carbocycles. The highest BCUT2D eigenvalue weighted by atomic mass is 32.2. The first-order chi connectivity index (χ1) is 7.93. The van der Waals surface area contributed by atoms with Crippen LogP contribution in [0.1, 0.15) is 33.1 Å². The number of nitrogens with zero attached hydrogens (tertiary/aromatic N) is 1. The molecule has 17 heavy (non-hydrogen) atoms. The standard InChI is InChI=1S/C12H22N2O2S/c1-12(2,9-13)6-4-7-17-8-5-10(14)11(15)16-3/h10H,4-8,14H2,1-3H3.